The number of hydrogen-bond acceptors (Lipinski definition) is 2. The molecular formula is C13H19ClF3NO. The molecule has 1 rings (SSSR count). The van der Waals surface area contributed by atoms with Crippen LogP contribution in [0.3, 0.4) is 0 Å². The van der Waals surface area contributed by atoms with Crippen molar-refractivity contribution in [1.82, 2.24) is 5.32 Å². The Bertz CT molecular complexity index is 394. The van der Waals surface area contributed by atoms with Crippen molar-refractivity contribution in [2.75, 3.05) is 20.2 Å². The van der Waals surface area contributed by atoms with Crippen LogP contribution in [0.5, 0.6) is 5.75 Å². The molecule has 0 fully saturated rings. The van der Waals surface area contributed by atoms with Crippen LogP contribution in [0.2, 0.25) is 5.02 Å². The lowest BCUT2D eigenvalue weighted by Gasteiger charge is -2.14. The molecule has 6 heteroatoms. The average Bonchev–Trinajstić information content (AvgIpc) is 2.34. The molecule has 1 aromatic rings. The molecule has 1 aromatic carbocycles. The second-order valence-corrected chi connectivity index (χ2v) is 3.95. The fourth-order valence-electron chi connectivity index (χ4n) is 1.30. The molecule has 1 N–H and O–H groups in total. The minimum absolute atomic E-state index is 0.345. The van der Waals surface area contributed by atoms with E-state index in [0.717, 1.165) is 6.07 Å². The highest BCUT2D eigenvalue weighted by Gasteiger charge is 2.33. The topological polar surface area (TPSA) is 21.3 Å². The Morgan fingerprint density at radius 2 is 1.84 bits per heavy atom. The molecule has 110 valence electrons. The van der Waals surface area contributed by atoms with Gasteiger partial charge in [0, 0.05) is 6.54 Å². The third-order valence-corrected chi connectivity index (χ3v) is 2.49. The fourth-order valence-corrected chi connectivity index (χ4v) is 1.56. The van der Waals surface area contributed by atoms with Gasteiger partial charge in [-0.15, -0.1) is 0 Å². The lowest BCUT2D eigenvalue weighted by Crippen LogP contribution is -2.16. The molecule has 0 radical (unpaired) electrons. The number of nitrogens with one attached hydrogen (secondary N) is 1. The molecule has 0 aliphatic heterocycles. The summed E-state index contributed by atoms with van der Waals surface area (Å²) >= 11 is 5.58. The Kier molecular flexibility index (Phi) is 7.87. The van der Waals surface area contributed by atoms with E-state index in [1.165, 1.54) is 6.07 Å². The second kappa shape index (κ2) is 8.27. The van der Waals surface area contributed by atoms with Gasteiger partial charge in [-0.3, -0.25) is 0 Å². The monoisotopic (exact) mass is 297 g/mol. The van der Waals surface area contributed by atoms with Gasteiger partial charge in [-0.25, -0.2) is 0 Å². The summed E-state index contributed by atoms with van der Waals surface area (Å²) in [4.78, 5) is 0. The standard InChI is InChI=1S/C11H13ClF3NO.C2H6/c1-7-5-8(11(13,14)15)9(12)6-10(7)17-4-3-16-2;1-2/h5-6,16H,3-4H2,1-2H3;1-2H3. The van der Waals surface area contributed by atoms with Gasteiger partial charge in [0.2, 0.25) is 0 Å². The fraction of sp³-hybridized carbons (Fsp3) is 0.538. The molecule has 0 spiro atoms. The van der Waals surface area contributed by atoms with Crippen molar-refractivity contribution in [3.05, 3.63) is 28.3 Å². The van der Waals surface area contributed by atoms with Gasteiger partial charge in [-0.1, -0.05) is 25.4 Å². The highest BCUT2D eigenvalue weighted by Crippen LogP contribution is 2.38. The maximum atomic E-state index is 12.5. The lowest BCUT2D eigenvalue weighted by atomic mass is 10.1. The molecule has 0 aliphatic carbocycles. The Labute approximate surface area is 116 Å². The summed E-state index contributed by atoms with van der Waals surface area (Å²) in [6.45, 7) is 6.54. The number of aryl methyl sites for hydroxylation is 1. The van der Waals surface area contributed by atoms with Gasteiger partial charge in [0.15, 0.2) is 0 Å². The number of likely N-dealkylation sites (N-methyl/N-ethyl adjacent to an activating group) is 1. The normalized spacial score (nSPS) is 10.7. The maximum absolute atomic E-state index is 12.5. The van der Waals surface area contributed by atoms with Crippen LogP contribution in [-0.4, -0.2) is 20.2 Å². The zero-order valence-electron chi connectivity index (χ0n) is 11.5. The van der Waals surface area contributed by atoms with E-state index in [9.17, 15) is 13.2 Å². The Hall–Kier alpha value is -0.940. The number of benzene rings is 1. The molecule has 0 bridgehead atoms. The zero-order valence-corrected chi connectivity index (χ0v) is 12.2. The van der Waals surface area contributed by atoms with Crippen LogP contribution in [-0.2, 0) is 6.18 Å². The smallest absolute Gasteiger partial charge is 0.417 e. The lowest BCUT2D eigenvalue weighted by molar-refractivity contribution is -0.137. The minimum Gasteiger partial charge on any atom is -0.492 e. The maximum Gasteiger partial charge on any atom is 0.417 e. The van der Waals surface area contributed by atoms with Crippen LogP contribution in [0.1, 0.15) is 25.0 Å². The molecular weight excluding hydrogens is 279 g/mol. The Balaban J connectivity index is 0.00000154. The first kappa shape index (κ1) is 18.1. The van der Waals surface area contributed by atoms with Crippen molar-refractivity contribution in [2.24, 2.45) is 0 Å². The van der Waals surface area contributed by atoms with Crippen LogP contribution in [0.25, 0.3) is 0 Å². The summed E-state index contributed by atoms with van der Waals surface area (Å²) < 4.78 is 42.9. The van der Waals surface area contributed by atoms with Crippen molar-refractivity contribution in [2.45, 2.75) is 26.9 Å². The highest BCUT2D eigenvalue weighted by molar-refractivity contribution is 6.31. The van der Waals surface area contributed by atoms with E-state index >= 15 is 0 Å². The number of hydrogen-bond donors (Lipinski definition) is 1. The first-order valence-electron chi connectivity index (χ1n) is 6.01. The van der Waals surface area contributed by atoms with E-state index in [0.29, 0.717) is 24.5 Å². The zero-order chi connectivity index (χ0) is 15.1. The molecule has 0 saturated heterocycles. The largest absolute Gasteiger partial charge is 0.492 e. The quantitative estimate of drug-likeness (QED) is 0.837. The third kappa shape index (κ3) is 5.70. The van der Waals surface area contributed by atoms with E-state index in [-0.39, 0.29) is 5.02 Å². The molecule has 0 atom stereocenters. The van der Waals surface area contributed by atoms with Crippen LogP contribution in [0.4, 0.5) is 13.2 Å². The molecule has 0 heterocycles. The number of alkyl halides is 3. The SMILES string of the molecule is CC.CNCCOc1cc(Cl)c(C(F)(F)F)cc1C. The first-order valence-corrected chi connectivity index (χ1v) is 6.38. The molecule has 0 saturated carbocycles. The second-order valence-electron chi connectivity index (χ2n) is 3.55. The van der Waals surface area contributed by atoms with Crippen LogP contribution in [0.15, 0.2) is 12.1 Å². The molecule has 2 nitrogen and oxygen atoms in total. The van der Waals surface area contributed by atoms with Gasteiger partial charge < -0.3 is 10.1 Å². The Morgan fingerprint density at radius 3 is 2.32 bits per heavy atom. The summed E-state index contributed by atoms with van der Waals surface area (Å²) in [6.07, 6.45) is -4.44. The number of halogens is 4. The van der Waals surface area contributed by atoms with Crippen molar-refractivity contribution >= 4 is 11.6 Å². The van der Waals surface area contributed by atoms with Crippen molar-refractivity contribution in [3.8, 4) is 5.75 Å². The van der Waals surface area contributed by atoms with Crippen molar-refractivity contribution < 1.29 is 17.9 Å². The van der Waals surface area contributed by atoms with Crippen molar-refractivity contribution in [3.63, 3.8) is 0 Å². The molecule has 0 amide bonds. The highest BCUT2D eigenvalue weighted by atomic mass is 35.5. The summed E-state index contributed by atoms with van der Waals surface area (Å²) in [7, 11) is 1.76. The molecule has 0 aliphatic rings. The van der Waals surface area contributed by atoms with Gasteiger partial charge in [0.05, 0.1) is 10.6 Å². The minimum atomic E-state index is -4.44. The number of ether oxygens (including phenoxy) is 1. The van der Waals surface area contributed by atoms with E-state index in [1.807, 2.05) is 13.8 Å². The Morgan fingerprint density at radius 1 is 1.26 bits per heavy atom. The van der Waals surface area contributed by atoms with E-state index in [4.69, 9.17) is 16.3 Å². The van der Waals surface area contributed by atoms with Crippen molar-refractivity contribution in [1.29, 1.82) is 0 Å². The summed E-state index contributed by atoms with van der Waals surface area (Å²) in [6, 6.07) is 2.20. The van der Waals surface area contributed by atoms with Gasteiger partial charge in [0.1, 0.15) is 12.4 Å². The van der Waals surface area contributed by atoms with Gasteiger partial charge >= 0.3 is 6.18 Å². The predicted molar refractivity (Wildman–Crippen MR) is 72.0 cm³/mol. The van der Waals surface area contributed by atoms with Crippen LogP contribution >= 0.6 is 11.6 Å². The predicted octanol–water partition coefficient (Wildman–Crippen LogP) is 4.29. The first-order chi connectivity index (χ1) is 8.86. The van der Waals surface area contributed by atoms with E-state index in [2.05, 4.69) is 5.32 Å². The van der Waals surface area contributed by atoms with Crippen LogP contribution < -0.4 is 10.1 Å². The van der Waals surface area contributed by atoms with E-state index in [1.54, 1.807) is 14.0 Å². The molecule has 19 heavy (non-hydrogen) atoms. The summed E-state index contributed by atoms with van der Waals surface area (Å²) in [5.74, 6) is 0.373. The molecule has 0 aromatic heterocycles. The average molecular weight is 298 g/mol. The van der Waals surface area contributed by atoms with E-state index < -0.39 is 11.7 Å². The van der Waals surface area contributed by atoms with Crippen LogP contribution in [0, 0.1) is 6.92 Å². The number of rotatable bonds is 4. The van der Waals surface area contributed by atoms with Gasteiger partial charge in [-0.05, 0) is 31.7 Å². The summed E-state index contributed by atoms with van der Waals surface area (Å²) in [5.41, 5.74) is -0.421. The van der Waals surface area contributed by atoms with Gasteiger partial charge in [0.25, 0.3) is 0 Å². The summed E-state index contributed by atoms with van der Waals surface area (Å²) in [5, 5.41) is 2.52. The molecule has 0 unspecified atom stereocenters. The third-order valence-electron chi connectivity index (χ3n) is 2.18. The van der Waals surface area contributed by atoms with Gasteiger partial charge in [-0.2, -0.15) is 13.2 Å².